The standard InChI is InChI=1S/C16H30O/c1-15(2,3)13-9-6-11-16(17,12-10-13)14-7-4-5-8-14/h13-14,17H,4-12H2,1-3H3. The van der Waals surface area contributed by atoms with Gasteiger partial charge in [-0.3, -0.25) is 0 Å². The molecule has 2 unspecified atom stereocenters. The molecule has 0 aliphatic heterocycles. The van der Waals surface area contributed by atoms with Gasteiger partial charge >= 0.3 is 0 Å². The molecule has 0 heterocycles. The van der Waals surface area contributed by atoms with E-state index in [-0.39, 0.29) is 5.60 Å². The average molecular weight is 238 g/mol. The predicted octanol–water partition coefficient (Wildman–Crippen LogP) is 4.53. The van der Waals surface area contributed by atoms with Crippen LogP contribution in [0.4, 0.5) is 0 Å². The number of rotatable bonds is 1. The lowest BCUT2D eigenvalue weighted by atomic mass is 9.75. The van der Waals surface area contributed by atoms with E-state index >= 15 is 0 Å². The van der Waals surface area contributed by atoms with E-state index in [1.807, 2.05) is 0 Å². The molecule has 0 aromatic heterocycles. The molecule has 2 aliphatic carbocycles. The van der Waals surface area contributed by atoms with E-state index in [0.717, 1.165) is 18.8 Å². The molecule has 1 N–H and O–H groups in total. The molecule has 0 radical (unpaired) electrons. The first-order chi connectivity index (χ1) is 7.92. The monoisotopic (exact) mass is 238 g/mol. The van der Waals surface area contributed by atoms with E-state index in [9.17, 15) is 5.11 Å². The molecule has 0 saturated heterocycles. The largest absolute Gasteiger partial charge is 0.390 e. The van der Waals surface area contributed by atoms with Crippen molar-refractivity contribution in [2.45, 2.75) is 84.2 Å². The lowest BCUT2D eigenvalue weighted by Gasteiger charge is -2.34. The van der Waals surface area contributed by atoms with E-state index < -0.39 is 0 Å². The first-order valence-corrected chi connectivity index (χ1v) is 7.64. The van der Waals surface area contributed by atoms with Crippen LogP contribution in [0, 0.1) is 17.3 Å². The number of hydrogen-bond donors (Lipinski definition) is 1. The van der Waals surface area contributed by atoms with Crippen LogP contribution >= 0.6 is 0 Å². The number of hydrogen-bond acceptors (Lipinski definition) is 1. The lowest BCUT2D eigenvalue weighted by molar-refractivity contribution is -0.0315. The Morgan fingerprint density at radius 1 is 0.882 bits per heavy atom. The maximum atomic E-state index is 10.9. The summed E-state index contributed by atoms with van der Waals surface area (Å²) in [4.78, 5) is 0. The summed E-state index contributed by atoms with van der Waals surface area (Å²) in [6, 6.07) is 0. The van der Waals surface area contributed by atoms with Crippen LogP contribution in [0.5, 0.6) is 0 Å². The van der Waals surface area contributed by atoms with Gasteiger partial charge in [-0.25, -0.2) is 0 Å². The van der Waals surface area contributed by atoms with Crippen molar-refractivity contribution in [1.29, 1.82) is 0 Å². The van der Waals surface area contributed by atoms with Crippen molar-refractivity contribution in [2.24, 2.45) is 17.3 Å². The van der Waals surface area contributed by atoms with Gasteiger partial charge in [0.2, 0.25) is 0 Å². The molecular formula is C16H30O. The van der Waals surface area contributed by atoms with Crippen LogP contribution in [0.3, 0.4) is 0 Å². The first-order valence-electron chi connectivity index (χ1n) is 7.64. The Morgan fingerprint density at radius 3 is 2.12 bits per heavy atom. The third kappa shape index (κ3) is 3.05. The van der Waals surface area contributed by atoms with Gasteiger partial charge in [-0.05, 0) is 55.8 Å². The molecule has 2 fully saturated rings. The molecule has 0 aromatic carbocycles. The lowest BCUT2D eigenvalue weighted by Crippen LogP contribution is -2.36. The van der Waals surface area contributed by atoms with Crippen LogP contribution in [0.1, 0.15) is 78.6 Å². The predicted molar refractivity (Wildman–Crippen MR) is 72.9 cm³/mol. The Bertz CT molecular complexity index is 247. The van der Waals surface area contributed by atoms with Crippen LogP contribution < -0.4 is 0 Å². The average Bonchev–Trinajstić information content (AvgIpc) is 2.68. The van der Waals surface area contributed by atoms with Crippen molar-refractivity contribution >= 4 is 0 Å². The molecule has 2 rings (SSSR count). The first kappa shape index (κ1) is 13.4. The summed E-state index contributed by atoms with van der Waals surface area (Å²) in [5.74, 6) is 1.42. The van der Waals surface area contributed by atoms with Crippen molar-refractivity contribution < 1.29 is 5.11 Å². The summed E-state index contributed by atoms with van der Waals surface area (Å²) in [6.07, 6.45) is 11.1. The summed E-state index contributed by atoms with van der Waals surface area (Å²) >= 11 is 0. The Morgan fingerprint density at radius 2 is 1.53 bits per heavy atom. The maximum absolute atomic E-state index is 10.9. The fraction of sp³-hybridized carbons (Fsp3) is 1.00. The third-order valence-corrected chi connectivity index (χ3v) is 5.43. The van der Waals surface area contributed by atoms with Gasteiger partial charge in [0, 0.05) is 0 Å². The number of aliphatic hydroxyl groups is 1. The van der Waals surface area contributed by atoms with Crippen molar-refractivity contribution in [3.8, 4) is 0 Å². The molecule has 0 spiro atoms. The summed E-state index contributed by atoms with van der Waals surface area (Å²) < 4.78 is 0. The minimum atomic E-state index is -0.309. The zero-order valence-corrected chi connectivity index (χ0v) is 12.0. The molecule has 1 heteroatoms. The van der Waals surface area contributed by atoms with Gasteiger partial charge in [-0.15, -0.1) is 0 Å². The van der Waals surface area contributed by atoms with E-state index in [0.29, 0.717) is 11.3 Å². The van der Waals surface area contributed by atoms with Crippen molar-refractivity contribution in [3.63, 3.8) is 0 Å². The Balaban J connectivity index is 1.99. The molecule has 2 aliphatic rings. The summed E-state index contributed by atoms with van der Waals surface area (Å²) in [5, 5.41) is 10.9. The minimum Gasteiger partial charge on any atom is -0.390 e. The highest BCUT2D eigenvalue weighted by Crippen LogP contribution is 2.45. The Labute approximate surface area is 107 Å². The Kier molecular flexibility index (Phi) is 3.87. The van der Waals surface area contributed by atoms with Crippen LogP contribution in [-0.4, -0.2) is 10.7 Å². The van der Waals surface area contributed by atoms with Crippen molar-refractivity contribution in [3.05, 3.63) is 0 Å². The SMILES string of the molecule is CC(C)(C)C1CCCC(O)(C2CCCC2)CC1. The second-order valence-corrected chi connectivity index (χ2v) is 7.58. The highest BCUT2D eigenvalue weighted by atomic mass is 16.3. The molecule has 0 bridgehead atoms. The fourth-order valence-electron chi connectivity index (χ4n) is 4.09. The maximum Gasteiger partial charge on any atom is 0.0675 e. The van der Waals surface area contributed by atoms with Gasteiger partial charge in [0.15, 0.2) is 0 Å². The minimum absolute atomic E-state index is 0.309. The van der Waals surface area contributed by atoms with Gasteiger partial charge in [0.05, 0.1) is 5.60 Å². The van der Waals surface area contributed by atoms with E-state index in [1.54, 1.807) is 0 Å². The third-order valence-electron chi connectivity index (χ3n) is 5.43. The summed E-state index contributed by atoms with van der Waals surface area (Å²) in [5.41, 5.74) is 0.109. The molecule has 100 valence electrons. The molecular weight excluding hydrogens is 208 g/mol. The normalized spacial score (nSPS) is 37.1. The summed E-state index contributed by atoms with van der Waals surface area (Å²) in [7, 11) is 0. The van der Waals surface area contributed by atoms with E-state index in [4.69, 9.17) is 0 Å². The molecule has 0 amide bonds. The van der Waals surface area contributed by atoms with Gasteiger partial charge < -0.3 is 5.11 Å². The second-order valence-electron chi connectivity index (χ2n) is 7.58. The van der Waals surface area contributed by atoms with E-state index in [2.05, 4.69) is 20.8 Å². The molecule has 1 nitrogen and oxygen atoms in total. The van der Waals surface area contributed by atoms with Gasteiger partial charge in [-0.2, -0.15) is 0 Å². The zero-order valence-electron chi connectivity index (χ0n) is 12.0. The molecule has 2 saturated carbocycles. The Hall–Kier alpha value is -0.0400. The fourth-order valence-corrected chi connectivity index (χ4v) is 4.09. The highest BCUT2D eigenvalue weighted by molar-refractivity contribution is 4.93. The zero-order chi connectivity index (χ0) is 12.5. The smallest absolute Gasteiger partial charge is 0.0675 e. The van der Waals surface area contributed by atoms with Crippen LogP contribution in [-0.2, 0) is 0 Å². The summed E-state index contributed by atoms with van der Waals surface area (Å²) in [6.45, 7) is 7.08. The van der Waals surface area contributed by atoms with Crippen LogP contribution in [0.2, 0.25) is 0 Å². The van der Waals surface area contributed by atoms with Crippen molar-refractivity contribution in [1.82, 2.24) is 0 Å². The highest BCUT2D eigenvalue weighted by Gasteiger charge is 2.40. The molecule has 17 heavy (non-hydrogen) atoms. The second kappa shape index (κ2) is 4.91. The van der Waals surface area contributed by atoms with Crippen LogP contribution in [0.15, 0.2) is 0 Å². The van der Waals surface area contributed by atoms with Crippen molar-refractivity contribution in [2.75, 3.05) is 0 Å². The van der Waals surface area contributed by atoms with E-state index in [1.165, 1.54) is 44.9 Å². The molecule has 2 atom stereocenters. The van der Waals surface area contributed by atoms with Gasteiger partial charge in [-0.1, -0.05) is 40.0 Å². The quantitative estimate of drug-likeness (QED) is 0.665. The molecule has 0 aromatic rings. The van der Waals surface area contributed by atoms with Gasteiger partial charge in [0.25, 0.3) is 0 Å². The van der Waals surface area contributed by atoms with Gasteiger partial charge in [0.1, 0.15) is 0 Å². The topological polar surface area (TPSA) is 20.2 Å². The van der Waals surface area contributed by atoms with Crippen LogP contribution in [0.25, 0.3) is 0 Å².